The predicted molar refractivity (Wildman–Crippen MR) is 68.0 cm³/mol. The van der Waals surface area contributed by atoms with E-state index in [1.165, 1.54) is 6.92 Å². The van der Waals surface area contributed by atoms with Crippen LogP contribution < -0.4 is 5.32 Å². The highest BCUT2D eigenvalue weighted by molar-refractivity contribution is 6.15. The maximum atomic E-state index is 11.7. The van der Waals surface area contributed by atoms with Gasteiger partial charge in [0.2, 0.25) is 5.91 Å². The van der Waals surface area contributed by atoms with E-state index in [2.05, 4.69) is 12.2 Å². The van der Waals surface area contributed by atoms with Gasteiger partial charge in [0.15, 0.2) is 11.7 Å². The van der Waals surface area contributed by atoms with Crippen LogP contribution >= 0.6 is 0 Å². The van der Waals surface area contributed by atoms with Crippen molar-refractivity contribution in [2.45, 2.75) is 46.5 Å². The second-order valence-corrected chi connectivity index (χ2v) is 4.15. The van der Waals surface area contributed by atoms with E-state index in [-0.39, 0.29) is 6.61 Å². The number of Topliss-reactive ketones (excluding diaryl/α,β-unsaturated/α-hetero) is 1. The highest BCUT2D eigenvalue weighted by atomic mass is 16.5. The number of esters is 1. The number of hydrogen-bond donors (Lipinski definition) is 1. The molecule has 0 spiro atoms. The van der Waals surface area contributed by atoms with Crippen molar-refractivity contribution < 1.29 is 19.1 Å². The van der Waals surface area contributed by atoms with Crippen LogP contribution in [0, 0.1) is 5.92 Å². The number of nitrogens with one attached hydrogen (secondary N) is 1. The molecule has 0 aromatic carbocycles. The number of carbonyl (C=O) groups is 3. The molecular weight excluding hydrogens is 234 g/mol. The van der Waals surface area contributed by atoms with Gasteiger partial charge in [-0.25, -0.2) is 0 Å². The third-order valence-corrected chi connectivity index (χ3v) is 2.52. The van der Waals surface area contributed by atoms with Gasteiger partial charge in [0.25, 0.3) is 0 Å². The van der Waals surface area contributed by atoms with Crippen LogP contribution in [-0.2, 0) is 19.1 Å². The fourth-order valence-corrected chi connectivity index (χ4v) is 1.55. The maximum Gasteiger partial charge on any atom is 0.326 e. The lowest BCUT2D eigenvalue weighted by Crippen LogP contribution is -2.40. The first-order chi connectivity index (χ1) is 8.54. The number of ether oxygens (including phenoxy) is 1. The Morgan fingerprint density at radius 3 is 2.28 bits per heavy atom. The van der Waals surface area contributed by atoms with Gasteiger partial charge < -0.3 is 10.1 Å². The molecule has 1 atom stereocenters. The SMILES string of the molecule is CCCCCCNC(=O)C(C(C)=O)C(=O)OCC. The van der Waals surface area contributed by atoms with Gasteiger partial charge in [-0.3, -0.25) is 14.4 Å². The van der Waals surface area contributed by atoms with Gasteiger partial charge in [0, 0.05) is 6.54 Å². The normalized spacial score (nSPS) is 11.7. The summed E-state index contributed by atoms with van der Waals surface area (Å²) in [6.07, 6.45) is 4.12. The zero-order valence-electron chi connectivity index (χ0n) is 11.5. The van der Waals surface area contributed by atoms with Crippen LogP contribution in [0.2, 0.25) is 0 Å². The average Bonchev–Trinajstić information content (AvgIpc) is 2.28. The van der Waals surface area contributed by atoms with Crippen molar-refractivity contribution in [3.8, 4) is 0 Å². The first-order valence-electron chi connectivity index (χ1n) is 6.49. The molecule has 0 radical (unpaired) electrons. The van der Waals surface area contributed by atoms with Crippen LogP contribution in [0.5, 0.6) is 0 Å². The molecule has 0 aliphatic heterocycles. The fraction of sp³-hybridized carbons (Fsp3) is 0.769. The lowest BCUT2D eigenvalue weighted by molar-refractivity contribution is -0.154. The van der Waals surface area contributed by atoms with Gasteiger partial charge in [-0.15, -0.1) is 0 Å². The minimum absolute atomic E-state index is 0.159. The molecule has 1 N–H and O–H groups in total. The molecule has 0 aromatic rings. The Bertz CT molecular complexity index is 289. The summed E-state index contributed by atoms with van der Waals surface area (Å²) >= 11 is 0. The quantitative estimate of drug-likeness (QED) is 0.385. The zero-order valence-corrected chi connectivity index (χ0v) is 11.5. The van der Waals surface area contributed by atoms with Crippen molar-refractivity contribution in [1.82, 2.24) is 5.32 Å². The van der Waals surface area contributed by atoms with Crippen LogP contribution in [0.1, 0.15) is 46.5 Å². The fourth-order valence-electron chi connectivity index (χ4n) is 1.55. The number of carbonyl (C=O) groups excluding carboxylic acids is 3. The van der Waals surface area contributed by atoms with Gasteiger partial charge >= 0.3 is 5.97 Å². The van der Waals surface area contributed by atoms with Crippen LogP contribution in [0.15, 0.2) is 0 Å². The Hall–Kier alpha value is -1.39. The summed E-state index contributed by atoms with van der Waals surface area (Å²) in [7, 11) is 0. The first-order valence-corrected chi connectivity index (χ1v) is 6.49. The average molecular weight is 257 g/mol. The van der Waals surface area contributed by atoms with Gasteiger partial charge in [0.05, 0.1) is 6.61 Å². The summed E-state index contributed by atoms with van der Waals surface area (Å²) in [5.74, 6) is -3.14. The topological polar surface area (TPSA) is 72.5 Å². The van der Waals surface area contributed by atoms with Crippen molar-refractivity contribution in [2.75, 3.05) is 13.2 Å². The predicted octanol–water partition coefficient (Wildman–Crippen LogP) is 1.45. The lowest BCUT2D eigenvalue weighted by atomic mass is 10.0. The summed E-state index contributed by atoms with van der Waals surface area (Å²) in [5, 5.41) is 2.60. The molecule has 104 valence electrons. The molecule has 18 heavy (non-hydrogen) atoms. The van der Waals surface area contributed by atoms with E-state index < -0.39 is 23.6 Å². The number of ketones is 1. The van der Waals surface area contributed by atoms with E-state index in [0.717, 1.165) is 25.7 Å². The van der Waals surface area contributed by atoms with Gasteiger partial charge in [-0.2, -0.15) is 0 Å². The summed E-state index contributed by atoms with van der Waals surface area (Å²) in [5.41, 5.74) is 0. The lowest BCUT2D eigenvalue weighted by Gasteiger charge is -2.12. The zero-order chi connectivity index (χ0) is 14.0. The summed E-state index contributed by atoms with van der Waals surface area (Å²) in [6, 6.07) is 0. The van der Waals surface area contributed by atoms with Crippen LogP contribution in [-0.4, -0.2) is 30.8 Å². The molecule has 5 heteroatoms. The Balaban J connectivity index is 4.15. The molecule has 1 amide bonds. The number of amides is 1. The van der Waals surface area contributed by atoms with E-state index >= 15 is 0 Å². The molecule has 0 saturated carbocycles. The second kappa shape index (κ2) is 9.62. The highest BCUT2D eigenvalue weighted by Gasteiger charge is 2.32. The van der Waals surface area contributed by atoms with Crippen molar-refractivity contribution in [1.29, 1.82) is 0 Å². The standard InChI is InChI=1S/C13H23NO4/c1-4-6-7-8-9-14-12(16)11(10(3)15)13(17)18-5-2/h11H,4-9H2,1-3H3,(H,14,16). The van der Waals surface area contributed by atoms with Crippen molar-refractivity contribution in [2.24, 2.45) is 5.92 Å². The van der Waals surface area contributed by atoms with Crippen LogP contribution in [0.3, 0.4) is 0 Å². The third-order valence-electron chi connectivity index (χ3n) is 2.52. The third kappa shape index (κ3) is 6.37. The Kier molecular flexibility index (Phi) is 8.88. The number of rotatable bonds is 9. The number of hydrogen-bond acceptors (Lipinski definition) is 4. The van der Waals surface area contributed by atoms with Crippen molar-refractivity contribution in [3.63, 3.8) is 0 Å². The van der Waals surface area contributed by atoms with E-state index in [0.29, 0.717) is 6.54 Å². The Labute approximate surface area is 108 Å². The van der Waals surface area contributed by atoms with Crippen molar-refractivity contribution >= 4 is 17.7 Å². The maximum absolute atomic E-state index is 11.7. The van der Waals surface area contributed by atoms with Gasteiger partial charge in [-0.05, 0) is 20.3 Å². The second-order valence-electron chi connectivity index (χ2n) is 4.15. The molecule has 0 aromatic heterocycles. The van der Waals surface area contributed by atoms with E-state index in [1.54, 1.807) is 6.92 Å². The van der Waals surface area contributed by atoms with Gasteiger partial charge in [-0.1, -0.05) is 26.2 Å². The molecule has 0 fully saturated rings. The van der Waals surface area contributed by atoms with E-state index in [1.807, 2.05) is 0 Å². The largest absolute Gasteiger partial charge is 0.465 e. The molecule has 0 aliphatic rings. The summed E-state index contributed by atoms with van der Waals surface area (Å²) in [4.78, 5) is 34.4. The van der Waals surface area contributed by atoms with E-state index in [9.17, 15) is 14.4 Å². The molecular formula is C13H23NO4. The Morgan fingerprint density at radius 1 is 1.11 bits per heavy atom. The molecule has 0 saturated heterocycles. The highest BCUT2D eigenvalue weighted by Crippen LogP contribution is 2.03. The van der Waals surface area contributed by atoms with E-state index in [4.69, 9.17) is 4.74 Å². The van der Waals surface area contributed by atoms with Gasteiger partial charge in [0.1, 0.15) is 0 Å². The minimum atomic E-state index is -1.32. The Morgan fingerprint density at radius 2 is 1.78 bits per heavy atom. The van der Waals surface area contributed by atoms with Crippen LogP contribution in [0.4, 0.5) is 0 Å². The summed E-state index contributed by atoms with van der Waals surface area (Å²) < 4.78 is 4.71. The molecule has 0 heterocycles. The smallest absolute Gasteiger partial charge is 0.326 e. The van der Waals surface area contributed by atoms with Crippen molar-refractivity contribution in [3.05, 3.63) is 0 Å². The molecule has 1 unspecified atom stereocenters. The number of unbranched alkanes of at least 4 members (excludes halogenated alkanes) is 3. The monoisotopic (exact) mass is 257 g/mol. The molecule has 5 nitrogen and oxygen atoms in total. The molecule has 0 aliphatic carbocycles. The molecule has 0 bridgehead atoms. The summed E-state index contributed by atoms with van der Waals surface area (Å²) in [6.45, 7) is 5.61. The molecule has 0 rings (SSSR count). The van der Waals surface area contributed by atoms with Crippen LogP contribution in [0.25, 0.3) is 0 Å². The minimum Gasteiger partial charge on any atom is -0.465 e. The first kappa shape index (κ1) is 16.6.